The largest absolute Gasteiger partial charge is 0.292 e. The van der Waals surface area contributed by atoms with Gasteiger partial charge < -0.3 is 0 Å². The Bertz CT molecular complexity index is 524. The van der Waals surface area contributed by atoms with Crippen LogP contribution in [0.15, 0.2) is 29.6 Å². The molecule has 94 valence electrons. The van der Waals surface area contributed by atoms with Crippen molar-refractivity contribution in [1.29, 1.82) is 0 Å². The predicted octanol–water partition coefficient (Wildman–Crippen LogP) is 3.26. The van der Waals surface area contributed by atoms with Gasteiger partial charge in [0.15, 0.2) is 5.78 Å². The zero-order valence-electron chi connectivity index (χ0n) is 10.8. The normalized spacial score (nSPS) is 11.5. The summed E-state index contributed by atoms with van der Waals surface area (Å²) >= 11 is 1.20. The van der Waals surface area contributed by atoms with Gasteiger partial charge >= 0.3 is 0 Å². The SMILES string of the molecule is CC(C)(C)c1ccc(CC(=O)c2csnn2)cc1. The summed E-state index contributed by atoms with van der Waals surface area (Å²) in [6.45, 7) is 6.52. The van der Waals surface area contributed by atoms with Crippen LogP contribution in [0.3, 0.4) is 0 Å². The lowest BCUT2D eigenvalue weighted by molar-refractivity contribution is 0.0988. The molecule has 0 fully saturated rings. The fourth-order valence-electron chi connectivity index (χ4n) is 1.68. The van der Waals surface area contributed by atoms with Crippen LogP contribution in [0.25, 0.3) is 0 Å². The minimum Gasteiger partial charge on any atom is -0.292 e. The summed E-state index contributed by atoms with van der Waals surface area (Å²) < 4.78 is 3.70. The molecule has 1 heterocycles. The molecule has 0 aliphatic rings. The van der Waals surface area contributed by atoms with Gasteiger partial charge in [-0.1, -0.05) is 49.5 Å². The molecule has 0 atom stereocenters. The first-order valence-corrected chi connectivity index (χ1v) is 6.70. The molecular formula is C14H16N2OS. The van der Waals surface area contributed by atoms with Crippen molar-refractivity contribution in [1.82, 2.24) is 9.59 Å². The van der Waals surface area contributed by atoms with Crippen LogP contribution in [-0.4, -0.2) is 15.4 Å². The van der Waals surface area contributed by atoms with E-state index in [4.69, 9.17) is 0 Å². The number of ketones is 1. The molecule has 0 bridgehead atoms. The minimum absolute atomic E-state index is 0.0206. The molecule has 0 aliphatic heterocycles. The number of hydrogen-bond acceptors (Lipinski definition) is 4. The second-order valence-corrected chi connectivity index (χ2v) is 5.95. The average Bonchev–Trinajstić information content (AvgIpc) is 2.82. The lowest BCUT2D eigenvalue weighted by Gasteiger charge is -2.19. The first-order chi connectivity index (χ1) is 8.47. The molecule has 3 nitrogen and oxygen atoms in total. The highest BCUT2D eigenvalue weighted by atomic mass is 32.1. The number of Topliss-reactive ketones (excluding diaryl/α,β-unsaturated/α-hetero) is 1. The maximum absolute atomic E-state index is 11.9. The molecule has 0 saturated heterocycles. The number of benzene rings is 1. The molecule has 2 rings (SSSR count). The van der Waals surface area contributed by atoms with Gasteiger partial charge in [-0.2, -0.15) is 0 Å². The number of nitrogens with zero attached hydrogens (tertiary/aromatic N) is 2. The van der Waals surface area contributed by atoms with Gasteiger partial charge in [-0.25, -0.2) is 0 Å². The fourth-order valence-corrected chi connectivity index (χ4v) is 2.15. The Balaban J connectivity index is 2.09. The maximum atomic E-state index is 11.9. The van der Waals surface area contributed by atoms with Crippen molar-refractivity contribution in [2.45, 2.75) is 32.6 Å². The molecule has 0 spiro atoms. The van der Waals surface area contributed by atoms with E-state index in [1.807, 2.05) is 12.1 Å². The van der Waals surface area contributed by atoms with Gasteiger partial charge in [0, 0.05) is 11.8 Å². The fraction of sp³-hybridized carbons (Fsp3) is 0.357. The highest BCUT2D eigenvalue weighted by molar-refractivity contribution is 7.03. The summed E-state index contributed by atoms with van der Waals surface area (Å²) in [6, 6.07) is 8.19. The summed E-state index contributed by atoms with van der Waals surface area (Å²) in [6.07, 6.45) is 0.385. The molecule has 0 unspecified atom stereocenters. The Morgan fingerprint density at radius 1 is 1.22 bits per heavy atom. The third-order valence-electron chi connectivity index (χ3n) is 2.83. The van der Waals surface area contributed by atoms with E-state index in [-0.39, 0.29) is 11.2 Å². The van der Waals surface area contributed by atoms with Gasteiger partial charge in [-0.3, -0.25) is 4.79 Å². The van der Waals surface area contributed by atoms with Crippen molar-refractivity contribution in [3.63, 3.8) is 0 Å². The van der Waals surface area contributed by atoms with E-state index < -0.39 is 0 Å². The number of hydrogen-bond donors (Lipinski definition) is 0. The average molecular weight is 260 g/mol. The molecule has 2 aromatic rings. The molecule has 1 aromatic heterocycles. The zero-order chi connectivity index (χ0) is 13.2. The molecule has 0 radical (unpaired) electrons. The Kier molecular flexibility index (Phi) is 3.57. The Hall–Kier alpha value is -1.55. The van der Waals surface area contributed by atoms with Crippen molar-refractivity contribution in [3.8, 4) is 0 Å². The van der Waals surface area contributed by atoms with Crippen LogP contribution in [-0.2, 0) is 11.8 Å². The van der Waals surface area contributed by atoms with Crippen LogP contribution in [0, 0.1) is 0 Å². The molecule has 1 aromatic carbocycles. The minimum atomic E-state index is 0.0206. The van der Waals surface area contributed by atoms with Crippen molar-refractivity contribution >= 4 is 17.3 Å². The van der Waals surface area contributed by atoms with Crippen LogP contribution >= 0.6 is 11.5 Å². The van der Waals surface area contributed by atoms with E-state index >= 15 is 0 Å². The van der Waals surface area contributed by atoms with Crippen LogP contribution < -0.4 is 0 Å². The first-order valence-electron chi connectivity index (χ1n) is 5.86. The lowest BCUT2D eigenvalue weighted by atomic mass is 9.86. The molecule has 0 aliphatic carbocycles. The molecule has 0 saturated carbocycles. The third kappa shape index (κ3) is 3.01. The number of aromatic nitrogens is 2. The van der Waals surface area contributed by atoms with Crippen LogP contribution in [0.4, 0.5) is 0 Å². The van der Waals surface area contributed by atoms with E-state index in [0.29, 0.717) is 12.1 Å². The summed E-state index contributed by atoms with van der Waals surface area (Å²) in [7, 11) is 0. The van der Waals surface area contributed by atoms with E-state index in [9.17, 15) is 4.79 Å². The summed E-state index contributed by atoms with van der Waals surface area (Å²) in [5.74, 6) is 0.0206. The predicted molar refractivity (Wildman–Crippen MR) is 73.1 cm³/mol. The molecular weight excluding hydrogens is 244 g/mol. The van der Waals surface area contributed by atoms with Crippen LogP contribution in [0.5, 0.6) is 0 Å². The topological polar surface area (TPSA) is 42.9 Å². The van der Waals surface area contributed by atoms with E-state index in [1.165, 1.54) is 17.1 Å². The first kappa shape index (κ1) is 12.9. The Morgan fingerprint density at radius 2 is 1.89 bits per heavy atom. The number of carbonyl (C=O) groups excluding carboxylic acids is 1. The standard InChI is InChI=1S/C14H16N2OS/c1-14(2,3)11-6-4-10(5-7-11)8-13(17)12-9-18-16-15-12/h4-7,9H,8H2,1-3H3. The quantitative estimate of drug-likeness (QED) is 0.795. The highest BCUT2D eigenvalue weighted by Gasteiger charge is 2.14. The second-order valence-electron chi connectivity index (χ2n) is 5.34. The van der Waals surface area contributed by atoms with Gasteiger partial charge in [0.1, 0.15) is 5.69 Å². The van der Waals surface area contributed by atoms with Gasteiger partial charge in [0.2, 0.25) is 0 Å². The van der Waals surface area contributed by atoms with E-state index in [1.54, 1.807) is 5.38 Å². The molecule has 0 N–H and O–H groups in total. The summed E-state index contributed by atoms with van der Waals surface area (Å²) in [5, 5.41) is 5.47. The molecule has 18 heavy (non-hydrogen) atoms. The van der Waals surface area contributed by atoms with Crippen LogP contribution in [0.2, 0.25) is 0 Å². The monoisotopic (exact) mass is 260 g/mol. The highest BCUT2D eigenvalue weighted by Crippen LogP contribution is 2.22. The van der Waals surface area contributed by atoms with E-state index in [0.717, 1.165) is 5.56 Å². The maximum Gasteiger partial charge on any atom is 0.188 e. The number of carbonyl (C=O) groups is 1. The van der Waals surface area contributed by atoms with E-state index in [2.05, 4.69) is 42.5 Å². The van der Waals surface area contributed by atoms with Crippen LogP contribution in [0.1, 0.15) is 42.4 Å². The van der Waals surface area contributed by atoms with Gasteiger partial charge in [0.25, 0.3) is 0 Å². The molecule has 0 amide bonds. The third-order valence-corrected chi connectivity index (χ3v) is 3.33. The summed E-state index contributed by atoms with van der Waals surface area (Å²) in [5.41, 5.74) is 2.89. The number of rotatable bonds is 3. The summed E-state index contributed by atoms with van der Waals surface area (Å²) in [4.78, 5) is 11.9. The Morgan fingerprint density at radius 3 is 2.39 bits per heavy atom. The zero-order valence-corrected chi connectivity index (χ0v) is 11.6. The van der Waals surface area contributed by atoms with Gasteiger partial charge in [-0.05, 0) is 28.1 Å². The van der Waals surface area contributed by atoms with Crippen molar-refractivity contribution in [3.05, 3.63) is 46.5 Å². The van der Waals surface area contributed by atoms with Crippen molar-refractivity contribution < 1.29 is 4.79 Å². The Labute approximate surface area is 111 Å². The second kappa shape index (κ2) is 4.98. The molecule has 4 heteroatoms. The lowest BCUT2D eigenvalue weighted by Crippen LogP contribution is -2.11. The smallest absolute Gasteiger partial charge is 0.188 e. The van der Waals surface area contributed by atoms with Crippen molar-refractivity contribution in [2.24, 2.45) is 0 Å². The van der Waals surface area contributed by atoms with Gasteiger partial charge in [-0.15, -0.1) is 5.10 Å². The van der Waals surface area contributed by atoms with Crippen molar-refractivity contribution in [2.75, 3.05) is 0 Å². The van der Waals surface area contributed by atoms with Gasteiger partial charge in [0.05, 0.1) is 0 Å².